The minimum atomic E-state index is -0.595. The summed E-state index contributed by atoms with van der Waals surface area (Å²) < 4.78 is 4.66. The molecule has 0 aliphatic carbocycles. The number of nitrogen functional groups attached to an aromatic ring is 1. The van der Waals surface area contributed by atoms with Crippen LogP contribution in [0.5, 0.6) is 0 Å². The lowest BCUT2D eigenvalue weighted by Crippen LogP contribution is -2.22. The summed E-state index contributed by atoms with van der Waals surface area (Å²) in [5.74, 6) is 5.70. The molecule has 0 unspecified atom stereocenters. The fourth-order valence-electron chi connectivity index (χ4n) is 4.61. The number of carbonyl (C=O) groups is 2. The average Bonchev–Trinajstić information content (AvgIpc) is 3.56. The average molecular weight is 592 g/mol. The van der Waals surface area contributed by atoms with Crippen molar-refractivity contribution in [1.29, 1.82) is 0 Å². The maximum atomic E-state index is 13.5. The van der Waals surface area contributed by atoms with Crippen LogP contribution in [0, 0.1) is 11.8 Å². The SMILES string of the molecule is C=CCNc1c(C(N)=O)c(N)nn1C.CCc1cc2cccc(C#Cc3cnn(CC(N)=O)c3)c2c(=O)n1-c1ccccc1. The van der Waals surface area contributed by atoms with Crippen molar-refractivity contribution in [3.63, 3.8) is 0 Å². The second-order valence-corrected chi connectivity index (χ2v) is 9.64. The van der Waals surface area contributed by atoms with E-state index in [0.29, 0.717) is 28.9 Å². The van der Waals surface area contributed by atoms with Gasteiger partial charge in [0.05, 0.1) is 17.1 Å². The van der Waals surface area contributed by atoms with Crippen molar-refractivity contribution in [2.75, 3.05) is 17.6 Å². The van der Waals surface area contributed by atoms with E-state index in [9.17, 15) is 14.4 Å². The number of aryl methyl sites for hydroxylation is 2. The van der Waals surface area contributed by atoms with E-state index >= 15 is 0 Å². The van der Waals surface area contributed by atoms with Crippen molar-refractivity contribution >= 4 is 34.2 Å². The Morgan fingerprint density at radius 2 is 1.84 bits per heavy atom. The second-order valence-electron chi connectivity index (χ2n) is 9.64. The summed E-state index contributed by atoms with van der Waals surface area (Å²) in [5, 5.41) is 12.3. The van der Waals surface area contributed by atoms with Gasteiger partial charge in [-0.1, -0.05) is 55.2 Å². The Bertz CT molecular complexity index is 1960. The van der Waals surface area contributed by atoms with Crippen LogP contribution in [0.1, 0.15) is 34.1 Å². The highest BCUT2D eigenvalue weighted by atomic mass is 16.1. The number of primary amides is 2. The molecule has 224 valence electrons. The number of amides is 2. The number of nitrogens with zero attached hydrogens (tertiary/aromatic N) is 5. The quantitative estimate of drug-likeness (QED) is 0.158. The van der Waals surface area contributed by atoms with Gasteiger partial charge in [0.25, 0.3) is 11.5 Å². The van der Waals surface area contributed by atoms with Crippen molar-refractivity contribution < 1.29 is 9.59 Å². The first kappa shape index (κ1) is 30.9. The molecule has 0 aliphatic heterocycles. The van der Waals surface area contributed by atoms with Gasteiger partial charge in [-0.05, 0) is 36.1 Å². The Balaban J connectivity index is 0.000000265. The summed E-state index contributed by atoms with van der Waals surface area (Å²) in [6.45, 7) is 6.09. The molecule has 0 atom stereocenters. The molecule has 0 radical (unpaired) electrons. The number of nitrogens with two attached hydrogens (primary N) is 3. The highest BCUT2D eigenvalue weighted by Gasteiger charge is 2.18. The first-order valence-electron chi connectivity index (χ1n) is 13.7. The van der Waals surface area contributed by atoms with Crippen LogP contribution in [-0.4, -0.2) is 42.5 Å². The minimum absolute atomic E-state index is 0.00245. The Kier molecular flexibility index (Phi) is 9.62. The molecule has 7 N–H and O–H groups in total. The standard InChI is InChI=1S/C24H20N4O2.C8H13N5O/c1-2-20-13-19-8-6-7-18(12-11-17-14-26-27(15-17)16-22(25)29)23(19)24(30)28(20)21-9-4-3-5-10-21;1-3-4-11-8-5(7(10)14)6(9)12-13(8)2/h3-10,13-15H,2,16H2,1H3,(H2,25,29);3,11H,1,4H2,2H3,(H2,9,12)(H2,10,14). The third kappa shape index (κ3) is 6.85. The van der Waals surface area contributed by atoms with Crippen LogP contribution in [0.25, 0.3) is 16.5 Å². The molecule has 0 bridgehead atoms. The van der Waals surface area contributed by atoms with Crippen molar-refractivity contribution in [3.8, 4) is 17.5 Å². The third-order valence-electron chi connectivity index (χ3n) is 6.53. The molecule has 0 saturated heterocycles. The summed E-state index contributed by atoms with van der Waals surface area (Å²) in [6, 6.07) is 17.3. The third-order valence-corrected chi connectivity index (χ3v) is 6.53. The van der Waals surface area contributed by atoms with Crippen LogP contribution in [0.2, 0.25) is 0 Å². The van der Waals surface area contributed by atoms with E-state index in [1.165, 1.54) is 9.36 Å². The van der Waals surface area contributed by atoms with Gasteiger partial charge in [0.15, 0.2) is 5.82 Å². The first-order valence-corrected chi connectivity index (χ1v) is 13.7. The van der Waals surface area contributed by atoms with Gasteiger partial charge in [-0.25, -0.2) is 0 Å². The molecule has 12 heteroatoms. The smallest absolute Gasteiger partial charge is 0.264 e. The van der Waals surface area contributed by atoms with Crippen molar-refractivity contribution in [2.24, 2.45) is 18.5 Å². The summed E-state index contributed by atoms with van der Waals surface area (Å²) >= 11 is 0. The fourth-order valence-corrected chi connectivity index (χ4v) is 4.61. The maximum absolute atomic E-state index is 13.5. The molecule has 0 aliphatic rings. The van der Waals surface area contributed by atoms with Gasteiger partial charge in [-0.15, -0.1) is 6.58 Å². The van der Waals surface area contributed by atoms with E-state index in [-0.39, 0.29) is 23.5 Å². The van der Waals surface area contributed by atoms with Crippen LogP contribution in [0.4, 0.5) is 11.6 Å². The largest absolute Gasteiger partial charge is 0.381 e. The first-order chi connectivity index (χ1) is 21.1. The number of anilines is 2. The molecule has 0 fully saturated rings. The van der Waals surface area contributed by atoms with Crippen molar-refractivity contribution in [2.45, 2.75) is 19.9 Å². The Morgan fingerprint density at radius 3 is 2.50 bits per heavy atom. The molecule has 5 aromatic rings. The Hall–Kier alpha value is -6.09. The molecule has 5 rings (SSSR count). The summed E-state index contributed by atoms with van der Waals surface area (Å²) in [6.07, 6.45) is 5.61. The van der Waals surface area contributed by atoms with Gasteiger partial charge in [0, 0.05) is 36.7 Å². The molecule has 3 aromatic heterocycles. The number of benzene rings is 2. The second kappa shape index (κ2) is 13.7. The zero-order valence-electron chi connectivity index (χ0n) is 24.4. The van der Waals surface area contributed by atoms with E-state index in [1.54, 1.807) is 30.1 Å². The minimum Gasteiger partial charge on any atom is -0.381 e. The van der Waals surface area contributed by atoms with Crippen LogP contribution >= 0.6 is 0 Å². The lowest BCUT2D eigenvalue weighted by molar-refractivity contribution is -0.118. The van der Waals surface area contributed by atoms with Gasteiger partial charge in [0.2, 0.25) is 5.91 Å². The number of hydrogen-bond donors (Lipinski definition) is 4. The lowest BCUT2D eigenvalue weighted by atomic mass is 10.0. The molecule has 44 heavy (non-hydrogen) atoms. The van der Waals surface area contributed by atoms with Gasteiger partial charge >= 0.3 is 0 Å². The van der Waals surface area contributed by atoms with Gasteiger partial charge in [-0.2, -0.15) is 10.2 Å². The van der Waals surface area contributed by atoms with Gasteiger partial charge in [0.1, 0.15) is 17.9 Å². The predicted molar refractivity (Wildman–Crippen MR) is 171 cm³/mol. The Morgan fingerprint density at radius 1 is 1.09 bits per heavy atom. The monoisotopic (exact) mass is 591 g/mol. The predicted octanol–water partition coefficient (Wildman–Crippen LogP) is 2.33. The molecular weight excluding hydrogens is 558 g/mol. The van der Waals surface area contributed by atoms with Gasteiger partial charge < -0.3 is 22.5 Å². The zero-order valence-corrected chi connectivity index (χ0v) is 24.4. The van der Waals surface area contributed by atoms with Crippen molar-refractivity contribution in [1.82, 2.24) is 24.1 Å². The maximum Gasteiger partial charge on any atom is 0.264 e. The van der Waals surface area contributed by atoms with Crippen LogP contribution < -0.4 is 28.1 Å². The number of aromatic nitrogens is 5. The van der Waals surface area contributed by atoms with E-state index in [0.717, 1.165) is 23.2 Å². The molecule has 2 aromatic carbocycles. The zero-order chi connectivity index (χ0) is 31.8. The number of rotatable bonds is 8. The summed E-state index contributed by atoms with van der Waals surface area (Å²) in [7, 11) is 1.67. The van der Waals surface area contributed by atoms with Crippen LogP contribution in [0.15, 0.2) is 84.4 Å². The summed E-state index contributed by atoms with van der Waals surface area (Å²) in [4.78, 5) is 35.6. The number of hydrogen-bond acceptors (Lipinski definition) is 7. The number of para-hydroxylation sites is 1. The molecule has 12 nitrogen and oxygen atoms in total. The number of carbonyl (C=O) groups excluding carboxylic acids is 2. The molecule has 0 spiro atoms. The summed E-state index contributed by atoms with van der Waals surface area (Å²) in [5.41, 5.74) is 19.1. The lowest BCUT2D eigenvalue weighted by Gasteiger charge is -2.14. The van der Waals surface area contributed by atoms with E-state index in [1.807, 2.05) is 61.5 Å². The van der Waals surface area contributed by atoms with Crippen LogP contribution in [-0.2, 0) is 24.8 Å². The molecule has 2 amide bonds. The van der Waals surface area contributed by atoms with E-state index < -0.39 is 11.8 Å². The fraction of sp³-hybridized carbons (Fsp3) is 0.156. The molecule has 3 heterocycles. The Labute approximate surface area is 253 Å². The normalized spacial score (nSPS) is 10.3. The number of nitrogens with one attached hydrogen (secondary N) is 1. The highest BCUT2D eigenvalue weighted by Crippen LogP contribution is 2.21. The topological polar surface area (TPSA) is 182 Å². The molecular formula is C32H33N9O3. The van der Waals surface area contributed by atoms with E-state index in [4.69, 9.17) is 17.2 Å². The number of pyridine rings is 1. The van der Waals surface area contributed by atoms with Crippen molar-refractivity contribution in [3.05, 3.63) is 112 Å². The molecule has 0 saturated carbocycles. The highest BCUT2D eigenvalue weighted by molar-refractivity contribution is 6.02. The van der Waals surface area contributed by atoms with Crippen LogP contribution in [0.3, 0.4) is 0 Å². The van der Waals surface area contributed by atoms with E-state index in [2.05, 4.69) is 33.9 Å². The number of fused-ring (bicyclic) bond motifs is 1. The van der Waals surface area contributed by atoms with Gasteiger partial charge in [-0.3, -0.25) is 28.3 Å².